The molecule has 2 amide bonds. The number of nitrogens with one attached hydrogen (secondary N) is 1. The minimum atomic E-state index is -0.448. The number of rotatable bonds is 4. The molecule has 160 valence electrons. The average molecular weight is 445 g/mol. The van der Waals surface area contributed by atoms with Gasteiger partial charge in [-0.15, -0.1) is 11.3 Å². The number of amides is 2. The molecule has 1 aliphatic heterocycles. The first kappa shape index (κ1) is 20.0. The van der Waals surface area contributed by atoms with Crippen LogP contribution in [0.25, 0.3) is 10.6 Å². The molecule has 4 aromatic rings. The number of thiophene rings is 1. The number of phenols is 1. The van der Waals surface area contributed by atoms with Gasteiger partial charge < -0.3 is 5.11 Å². The fourth-order valence-corrected chi connectivity index (χ4v) is 4.39. The quantitative estimate of drug-likeness (QED) is 0.480. The molecule has 4 heterocycles. The Morgan fingerprint density at radius 1 is 1.19 bits per heavy atom. The van der Waals surface area contributed by atoms with Crippen LogP contribution in [0.3, 0.4) is 0 Å². The number of pyridine rings is 1. The smallest absolute Gasteiger partial charge is 0.344 e. The zero-order valence-corrected chi connectivity index (χ0v) is 18.0. The summed E-state index contributed by atoms with van der Waals surface area (Å²) in [6.07, 6.45) is 3.87. The Labute approximate surface area is 188 Å². The standard InChI is InChI=1S/C23H20N6O2S/c1-28-22(13-18(26-28)21-9-5-11-32-21)25-23(31)29-19(16-7-2-3-8-20(16)30)12-17(27-29)15-6-4-10-24-14-15/h2-11,13-14,19,30H,12H2,1H3,(H,25,31). The summed E-state index contributed by atoms with van der Waals surface area (Å²) in [7, 11) is 1.78. The van der Waals surface area contributed by atoms with Crippen molar-refractivity contribution in [3.05, 3.63) is 83.5 Å². The molecule has 0 saturated carbocycles. The molecule has 3 aromatic heterocycles. The minimum absolute atomic E-state index is 0.124. The lowest BCUT2D eigenvalue weighted by Crippen LogP contribution is -2.32. The SMILES string of the molecule is Cn1nc(-c2cccs2)cc1NC(=O)N1N=C(c2cccnc2)CC1c1ccccc1O. The first-order valence-electron chi connectivity index (χ1n) is 10.0. The summed E-state index contributed by atoms with van der Waals surface area (Å²) in [5.41, 5.74) is 2.99. The van der Waals surface area contributed by atoms with Crippen molar-refractivity contribution in [3.8, 4) is 16.3 Å². The number of carbonyl (C=O) groups excluding carboxylic acids is 1. The van der Waals surface area contributed by atoms with Gasteiger partial charge in [-0.05, 0) is 23.6 Å². The number of urea groups is 1. The topological polar surface area (TPSA) is 95.6 Å². The minimum Gasteiger partial charge on any atom is -0.508 e. The molecule has 1 aliphatic rings. The summed E-state index contributed by atoms with van der Waals surface area (Å²) in [4.78, 5) is 18.5. The number of para-hydroxylation sites is 1. The van der Waals surface area contributed by atoms with Crippen LogP contribution in [0.4, 0.5) is 10.6 Å². The molecular weight excluding hydrogens is 424 g/mol. The number of aryl methyl sites for hydroxylation is 1. The van der Waals surface area contributed by atoms with Crippen molar-refractivity contribution >= 4 is 28.9 Å². The largest absolute Gasteiger partial charge is 0.508 e. The number of aromatic nitrogens is 3. The van der Waals surface area contributed by atoms with Gasteiger partial charge in [0.15, 0.2) is 0 Å². The van der Waals surface area contributed by atoms with E-state index >= 15 is 0 Å². The van der Waals surface area contributed by atoms with E-state index in [4.69, 9.17) is 0 Å². The molecule has 0 fully saturated rings. The van der Waals surface area contributed by atoms with Gasteiger partial charge in [0.1, 0.15) is 17.3 Å². The maximum Gasteiger partial charge on any atom is 0.344 e. The first-order chi connectivity index (χ1) is 15.6. The van der Waals surface area contributed by atoms with Gasteiger partial charge in [0, 0.05) is 43.1 Å². The highest BCUT2D eigenvalue weighted by atomic mass is 32.1. The Balaban J connectivity index is 1.46. The Kier molecular flexibility index (Phi) is 5.16. The third-order valence-electron chi connectivity index (χ3n) is 5.30. The van der Waals surface area contributed by atoms with E-state index in [-0.39, 0.29) is 5.75 Å². The zero-order chi connectivity index (χ0) is 22.1. The lowest BCUT2D eigenvalue weighted by atomic mass is 9.98. The average Bonchev–Trinajstić information content (AvgIpc) is 3.55. The Morgan fingerprint density at radius 2 is 2.06 bits per heavy atom. The second kappa shape index (κ2) is 8.27. The van der Waals surface area contributed by atoms with Gasteiger partial charge >= 0.3 is 6.03 Å². The van der Waals surface area contributed by atoms with E-state index in [9.17, 15) is 9.90 Å². The Morgan fingerprint density at radius 3 is 2.81 bits per heavy atom. The van der Waals surface area contributed by atoms with Crippen LogP contribution < -0.4 is 5.32 Å². The van der Waals surface area contributed by atoms with Crippen LogP contribution in [0.5, 0.6) is 5.75 Å². The van der Waals surface area contributed by atoms with Crippen molar-refractivity contribution in [1.29, 1.82) is 0 Å². The van der Waals surface area contributed by atoms with Crippen molar-refractivity contribution in [1.82, 2.24) is 19.8 Å². The van der Waals surface area contributed by atoms with E-state index < -0.39 is 12.1 Å². The lowest BCUT2D eigenvalue weighted by Gasteiger charge is -2.22. The molecule has 8 nitrogen and oxygen atoms in total. The summed E-state index contributed by atoms with van der Waals surface area (Å²) in [6.45, 7) is 0. The van der Waals surface area contributed by atoms with Crippen molar-refractivity contribution in [3.63, 3.8) is 0 Å². The molecule has 32 heavy (non-hydrogen) atoms. The highest BCUT2D eigenvalue weighted by Gasteiger charge is 2.35. The lowest BCUT2D eigenvalue weighted by molar-refractivity contribution is 0.199. The fourth-order valence-electron chi connectivity index (χ4n) is 3.71. The number of benzene rings is 1. The normalized spacial score (nSPS) is 15.6. The van der Waals surface area contributed by atoms with Crippen LogP contribution >= 0.6 is 11.3 Å². The zero-order valence-electron chi connectivity index (χ0n) is 17.2. The van der Waals surface area contributed by atoms with E-state index in [0.29, 0.717) is 17.8 Å². The maximum absolute atomic E-state index is 13.3. The van der Waals surface area contributed by atoms with Crippen LogP contribution in [-0.4, -0.2) is 36.6 Å². The monoisotopic (exact) mass is 444 g/mol. The van der Waals surface area contributed by atoms with Crippen molar-refractivity contribution < 1.29 is 9.90 Å². The third kappa shape index (κ3) is 3.74. The summed E-state index contributed by atoms with van der Waals surface area (Å²) in [6, 6.07) is 15.7. The molecule has 2 N–H and O–H groups in total. The van der Waals surface area contributed by atoms with Crippen LogP contribution in [0.1, 0.15) is 23.6 Å². The molecule has 9 heteroatoms. The number of aromatic hydroxyl groups is 1. The molecule has 1 unspecified atom stereocenters. The van der Waals surface area contributed by atoms with Gasteiger partial charge in [0.05, 0.1) is 16.6 Å². The molecule has 0 aliphatic carbocycles. The molecule has 0 bridgehead atoms. The maximum atomic E-state index is 13.3. The number of hydrazone groups is 1. The van der Waals surface area contributed by atoms with E-state index in [0.717, 1.165) is 21.8 Å². The number of nitrogens with zero attached hydrogens (tertiary/aromatic N) is 5. The van der Waals surface area contributed by atoms with Crippen LogP contribution in [0.2, 0.25) is 0 Å². The van der Waals surface area contributed by atoms with E-state index in [1.165, 1.54) is 5.01 Å². The van der Waals surface area contributed by atoms with Gasteiger partial charge in [-0.25, -0.2) is 9.80 Å². The van der Waals surface area contributed by atoms with E-state index in [1.54, 1.807) is 53.7 Å². The fraction of sp³-hybridized carbons (Fsp3) is 0.130. The Hall–Kier alpha value is -3.98. The van der Waals surface area contributed by atoms with Gasteiger partial charge in [-0.1, -0.05) is 30.3 Å². The summed E-state index contributed by atoms with van der Waals surface area (Å²) in [5, 5.41) is 25.8. The summed E-state index contributed by atoms with van der Waals surface area (Å²) < 4.78 is 1.63. The summed E-state index contributed by atoms with van der Waals surface area (Å²) >= 11 is 1.58. The predicted octanol–water partition coefficient (Wildman–Crippen LogP) is 4.63. The second-order valence-corrected chi connectivity index (χ2v) is 8.31. The van der Waals surface area contributed by atoms with Crippen LogP contribution in [0.15, 0.2) is 77.5 Å². The van der Waals surface area contributed by atoms with Crippen molar-refractivity contribution in [2.45, 2.75) is 12.5 Å². The highest BCUT2D eigenvalue weighted by molar-refractivity contribution is 7.13. The molecular formula is C23H20N6O2S. The van der Waals surface area contributed by atoms with Gasteiger partial charge in [-0.3, -0.25) is 15.0 Å². The van der Waals surface area contributed by atoms with Crippen LogP contribution in [0, 0.1) is 0 Å². The van der Waals surface area contributed by atoms with Gasteiger partial charge in [0.2, 0.25) is 0 Å². The van der Waals surface area contributed by atoms with E-state index in [2.05, 4.69) is 20.5 Å². The number of anilines is 1. The Bertz CT molecular complexity index is 1280. The number of carbonyl (C=O) groups is 1. The van der Waals surface area contributed by atoms with Crippen LogP contribution in [-0.2, 0) is 7.05 Å². The summed E-state index contributed by atoms with van der Waals surface area (Å²) in [5.74, 6) is 0.679. The molecule has 1 aromatic carbocycles. The molecule has 1 atom stereocenters. The van der Waals surface area contributed by atoms with E-state index in [1.807, 2.05) is 41.8 Å². The van der Waals surface area contributed by atoms with Gasteiger partial charge in [-0.2, -0.15) is 10.2 Å². The molecule has 5 rings (SSSR count). The first-order valence-corrected chi connectivity index (χ1v) is 10.9. The number of hydrogen-bond donors (Lipinski definition) is 2. The molecule has 0 saturated heterocycles. The third-order valence-corrected chi connectivity index (χ3v) is 6.19. The number of hydrogen-bond acceptors (Lipinski definition) is 6. The predicted molar refractivity (Wildman–Crippen MR) is 124 cm³/mol. The second-order valence-electron chi connectivity index (χ2n) is 7.36. The molecule has 0 spiro atoms. The van der Waals surface area contributed by atoms with Crippen molar-refractivity contribution in [2.24, 2.45) is 12.1 Å². The molecule has 0 radical (unpaired) electrons. The highest BCUT2D eigenvalue weighted by Crippen LogP contribution is 2.37. The van der Waals surface area contributed by atoms with Crippen molar-refractivity contribution in [2.75, 3.05) is 5.32 Å². The number of phenolic OH excluding ortho intramolecular Hbond substituents is 1. The van der Waals surface area contributed by atoms with Gasteiger partial charge in [0.25, 0.3) is 0 Å².